The lowest BCUT2D eigenvalue weighted by Gasteiger charge is -2.10. The van der Waals surface area contributed by atoms with Crippen LogP contribution in [0.15, 0.2) is 23.4 Å². The lowest BCUT2D eigenvalue weighted by atomic mass is 10.1. The number of carboxylic acid groups (broad SMARTS) is 1. The average molecular weight is 293 g/mol. The van der Waals surface area contributed by atoms with E-state index in [9.17, 15) is 9.90 Å². The normalized spacial score (nSPS) is 10.8. The Balaban J connectivity index is 2.47. The van der Waals surface area contributed by atoms with Crippen LogP contribution in [-0.4, -0.2) is 36.7 Å². The second-order valence-corrected chi connectivity index (χ2v) is 5.36. The summed E-state index contributed by atoms with van der Waals surface area (Å²) in [5.74, 6) is -0.632. The van der Waals surface area contributed by atoms with Gasteiger partial charge < -0.3 is 10.2 Å². The molecule has 0 aliphatic heterocycles. The van der Waals surface area contributed by atoms with Crippen LogP contribution in [0.1, 0.15) is 17.0 Å². The highest BCUT2D eigenvalue weighted by Gasteiger charge is 2.15. The molecule has 2 rings (SSSR count). The summed E-state index contributed by atoms with van der Waals surface area (Å²) in [7, 11) is 0. The molecule has 0 aliphatic rings. The summed E-state index contributed by atoms with van der Waals surface area (Å²) in [5, 5.41) is 26.4. The molecule has 2 N–H and O–H groups in total. The van der Waals surface area contributed by atoms with Gasteiger partial charge in [0.25, 0.3) is 0 Å². The molecule has 1 aromatic heterocycles. The molecule has 0 unspecified atom stereocenters. The highest BCUT2D eigenvalue weighted by atomic mass is 32.2. The summed E-state index contributed by atoms with van der Waals surface area (Å²) in [6.07, 6.45) is 0. The van der Waals surface area contributed by atoms with Crippen molar-refractivity contribution in [3.63, 3.8) is 0 Å². The Labute approximate surface area is 120 Å². The first kappa shape index (κ1) is 14.5. The number of carboxylic acids is 1. The monoisotopic (exact) mass is 293 g/mol. The Morgan fingerprint density at radius 3 is 2.45 bits per heavy atom. The molecule has 106 valence electrons. The van der Waals surface area contributed by atoms with Gasteiger partial charge in [-0.25, -0.2) is 0 Å². The van der Waals surface area contributed by atoms with Crippen molar-refractivity contribution in [1.29, 1.82) is 0 Å². The van der Waals surface area contributed by atoms with Crippen molar-refractivity contribution in [2.75, 3.05) is 5.75 Å². The fourth-order valence-corrected chi connectivity index (χ4v) is 2.65. The van der Waals surface area contributed by atoms with Gasteiger partial charge in [-0.3, -0.25) is 9.36 Å². The first-order valence-corrected chi connectivity index (χ1v) is 6.98. The SMILES string of the molecule is Cc1cc(C)cc(-n2c(CO)nnc2SCC(=O)O)c1. The number of hydrogen-bond acceptors (Lipinski definition) is 5. The fraction of sp³-hybridized carbons (Fsp3) is 0.308. The van der Waals surface area contributed by atoms with Crippen LogP contribution >= 0.6 is 11.8 Å². The molecule has 1 heterocycles. The van der Waals surface area contributed by atoms with Gasteiger partial charge in [-0.05, 0) is 37.1 Å². The molecule has 0 saturated heterocycles. The molecular weight excluding hydrogens is 278 g/mol. The molecule has 0 atom stereocenters. The predicted octanol–water partition coefficient (Wildman–Crippen LogP) is 1.55. The number of aliphatic carboxylic acids is 1. The summed E-state index contributed by atoms with van der Waals surface area (Å²) in [4.78, 5) is 10.7. The summed E-state index contributed by atoms with van der Waals surface area (Å²) in [6.45, 7) is 3.70. The Morgan fingerprint density at radius 2 is 1.90 bits per heavy atom. The summed E-state index contributed by atoms with van der Waals surface area (Å²) in [6, 6.07) is 5.93. The summed E-state index contributed by atoms with van der Waals surface area (Å²) < 4.78 is 1.69. The Morgan fingerprint density at radius 1 is 1.25 bits per heavy atom. The Kier molecular flexibility index (Phi) is 4.41. The van der Waals surface area contributed by atoms with Crippen LogP contribution in [0.25, 0.3) is 5.69 Å². The molecule has 7 heteroatoms. The zero-order valence-corrected chi connectivity index (χ0v) is 12.0. The van der Waals surface area contributed by atoms with Crippen molar-refractivity contribution in [3.05, 3.63) is 35.2 Å². The second kappa shape index (κ2) is 6.06. The maximum absolute atomic E-state index is 10.7. The van der Waals surface area contributed by atoms with Gasteiger partial charge in [0.15, 0.2) is 11.0 Å². The van der Waals surface area contributed by atoms with Crippen molar-refractivity contribution >= 4 is 17.7 Å². The zero-order chi connectivity index (χ0) is 14.7. The van der Waals surface area contributed by atoms with Gasteiger partial charge in [-0.15, -0.1) is 10.2 Å². The Bertz CT molecular complexity index is 620. The van der Waals surface area contributed by atoms with Crippen LogP contribution in [0, 0.1) is 13.8 Å². The number of carbonyl (C=O) groups is 1. The number of aliphatic hydroxyl groups excluding tert-OH is 1. The van der Waals surface area contributed by atoms with Crippen molar-refractivity contribution in [1.82, 2.24) is 14.8 Å². The van der Waals surface area contributed by atoms with E-state index in [0.717, 1.165) is 28.6 Å². The average Bonchev–Trinajstić information content (AvgIpc) is 2.77. The van der Waals surface area contributed by atoms with Gasteiger partial charge in [0, 0.05) is 0 Å². The van der Waals surface area contributed by atoms with Crippen molar-refractivity contribution < 1.29 is 15.0 Å². The third-order valence-corrected chi connectivity index (χ3v) is 3.54. The first-order chi connectivity index (χ1) is 9.51. The highest BCUT2D eigenvalue weighted by molar-refractivity contribution is 7.99. The van der Waals surface area contributed by atoms with E-state index in [0.29, 0.717) is 11.0 Å². The number of aryl methyl sites for hydroxylation is 2. The molecular formula is C13H15N3O3S. The maximum Gasteiger partial charge on any atom is 0.313 e. The minimum absolute atomic E-state index is 0.103. The van der Waals surface area contributed by atoms with E-state index in [1.165, 1.54) is 0 Å². The fourth-order valence-electron chi connectivity index (χ4n) is 1.96. The molecule has 0 amide bonds. The van der Waals surface area contributed by atoms with Gasteiger partial charge in [0.1, 0.15) is 6.61 Å². The van der Waals surface area contributed by atoms with Gasteiger partial charge in [-0.2, -0.15) is 0 Å². The van der Waals surface area contributed by atoms with Crippen LogP contribution in [0.3, 0.4) is 0 Å². The van der Waals surface area contributed by atoms with Crippen molar-refractivity contribution in [2.24, 2.45) is 0 Å². The van der Waals surface area contributed by atoms with Crippen molar-refractivity contribution in [3.8, 4) is 5.69 Å². The lowest BCUT2D eigenvalue weighted by Crippen LogP contribution is -2.05. The number of benzene rings is 1. The third kappa shape index (κ3) is 3.17. The predicted molar refractivity (Wildman–Crippen MR) is 75.1 cm³/mol. The van der Waals surface area contributed by atoms with E-state index in [1.54, 1.807) is 4.57 Å². The summed E-state index contributed by atoms with van der Waals surface area (Å²) >= 11 is 1.08. The van der Waals surface area contributed by atoms with Crippen LogP contribution in [0.2, 0.25) is 0 Å². The minimum atomic E-state index is -0.921. The molecule has 0 aliphatic carbocycles. The van der Waals surface area contributed by atoms with E-state index in [4.69, 9.17) is 5.11 Å². The number of nitrogens with zero attached hydrogens (tertiary/aromatic N) is 3. The molecule has 6 nitrogen and oxygen atoms in total. The minimum Gasteiger partial charge on any atom is -0.481 e. The quantitative estimate of drug-likeness (QED) is 0.813. The first-order valence-electron chi connectivity index (χ1n) is 5.99. The van der Waals surface area contributed by atoms with E-state index in [2.05, 4.69) is 10.2 Å². The molecule has 0 saturated carbocycles. The number of thioether (sulfide) groups is 1. The topological polar surface area (TPSA) is 88.2 Å². The zero-order valence-electron chi connectivity index (χ0n) is 11.2. The van der Waals surface area contributed by atoms with Gasteiger partial charge >= 0.3 is 5.97 Å². The lowest BCUT2D eigenvalue weighted by molar-refractivity contribution is -0.133. The van der Waals surface area contributed by atoms with Crippen LogP contribution in [0.4, 0.5) is 0 Å². The molecule has 0 spiro atoms. The van der Waals surface area contributed by atoms with Crippen LogP contribution in [0.5, 0.6) is 0 Å². The number of rotatable bonds is 5. The molecule has 0 fully saturated rings. The number of hydrogen-bond donors (Lipinski definition) is 2. The van der Waals surface area contributed by atoms with Crippen LogP contribution in [-0.2, 0) is 11.4 Å². The second-order valence-electron chi connectivity index (χ2n) is 4.42. The molecule has 0 radical (unpaired) electrons. The van der Waals surface area contributed by atoms with Crippen LogP contribution < -0.4 is 0 Å². The van der Waals surface area contributed by atoms with Gasteiger partial charge in [0.2, 0.25) is 0 Å². The Hall–Kier alpha value is -1.86. The molecule has 0 bridgehead atoms. The van der Waals surface area contributed by atoms with Gasteiger partial charge in [-0.1, -0.05) is 17.8 Å². The smallest absolute Gasteiger partial charge is 0.313 e. The number of aliphatic hydroxyl groups is 1. The van der Waals surface area contributed by atoms with E-state index < -0.39 is 5.97 Å². The standard InChI is InChI=1S/C13H15N3O3S/c1-8-3-9(2)5-10(4-8)16-11(6-17)14-15-13(16)20-7-12(18)19/h3-5,17H,6-7H2,1-2H3,(H,18,19). The highest BCUT2D eigenvalue weighted by Crippen LogP contribution is 2.23. The molecule has 20 heavy (non-hydrogen) atoms. The third-order valence-electron chi connectivity index (χ3n) is 2.63. The molecule has 1 aromatic carbocycles. The summed E-state index contributed by atoms with van der Waals surface area (Å²) in [5.41, 5.74) is 2.97. The van der Waals surface area contributed by atoms with E-state index in [-0.39, 0.29) is 12.4 Å². The van der Waals surface area contributed by atoms with E-state index >= 15 is 0 Å². The van der Waals surface area contributed by atoms with Gasteiger partial charge in [0.05, 0.1) is 11.4 Å². The van der Waals surface area contributed by atoms with Crippen molar-refractivity contribution in [2.45, 2.75) is 25.6 Å². The van der Waals surface area contributed by atoms with E-state index in [1.807, 2.05) is 32.0 Å². The largest absolute Gasteiger partial charge is 0.481 e. The maximum atomic E-state index is 10.7. The number of aromatic nitrogens is 3. The molecule has 2 aromatic rings.